The molecule has 0 saturated carbocycles. The summed E-state index contributed by atoms with van der Waals surface area (Å²) in [6, 6.07) is 19.7. The predicted octanol–water partition coefficient (Wildman–Crippen LogP) is 5.00. The van der Waals surface area contributed by atoms with Gasteiger partial charge in [-0.15, -0.1) is 5.10 Å². The van der Waals surface area contributed by atoms with Crippen LogP contribution in [0.25, 0.3) is 22.0 Å². The molecule has 0 aliphatic carbocycles. The molecule has 2 heterocycles. The molecule has 6 nitrogen and oxygen atoms in total. The fraction of sp³-hybridized carbons (Fsp3) is 0.192. The van der Waals surface area contributed by atoms with E-state index < -0.39 is 6.03 Å². The van der Waals surface area contributed by atoms with Gasteiger partial charge in [-0.25, -0.2) is 18.1 Å². The van der Waals surface area contributed by atoms with Crippen LogP contribution in [-0.4, -0.2) is 46.8 Å². The van der Waals surface area contributed by atoms with Crippen LogP contribution < -0.4 is 10.2 Å². The monoisotopic (exact) mass is 460 g/mol. The smallest absolute Gasteiger partial charge is 0.315 e. The molecule has 2 amide bonds. The van der Waals surface area contributed by atoms with Gasteiger partial charge in [0.25, 0.3) is 5.82 Å². The van der Waals surface area contributed by atoms with Crippen LogP contribution in [0.2, 0.25) is 0 Å². The Kier molecular flexibility index (Phi) is 5.45. The van der Waals surface area contributed by atoms with Gasteiger partial charge in [-0.05, 0) is 49.4 Å². The first-order valence-corrected chi connectivity index (χ1v) is 11.1. The van der Waals surface area contributed by atoms with Gasteiger partial charge in [0.05, 0.1) is 18.0 Å². The highest BCUT2D eigenvalue weighted by Crippen LogP contribution is 2.41. The summed E-state index contributed by atoms with van der Waals surface area (Å²) in [5, 5.41) is 11.1. The number of halogens is 2. The number of quaternary nitrogens is 1. The van der Waals surface area contributed by atoms with E-state index in [4.69, 9.17) is 10.8 Å². The van der Waals surface area contributed by atoms with Gasteiger partial charge in [-0.1, -0.05) is 23.3 Å². The van der Waals surface area contributed by atoms with Gasteiger partial charge in [0.1, 0.15) is 36.1 Å². The molecule has 2 N–H and O–H groups in total. The molecule has 4 aromatic rings. The fourth-order valence-electron chi connectivity index (χ4n) is 4.97. The van der Waals surface area contributed by atoms with E-state index in [9.17, 15) is 13.6 Å². The molecule has 8 heteroatoms. The summed E-state index contributed by atoms with van der Waals surface area (Å²) in [6.45, 7) is 3.38. The highest BCUT2D eigenvalue weighted by Gasteiger charge is 2.44. The maximum absolute atomic E-state index is 13.8. The van der Waals surface area contributed by atoms with Crippen LogP contribution in [0.4, 0.5) is 25.1 Å². The van der Waals surface area contributed by atoms with E-state index in [-0.39, 0.29) is 17.7 Å². The van der Waals surface area contributed by atoms with Crippen LogP contribution in [0.5, 0.6) is 0 Å². The number of urea groups is 1. The lowest BCUT2D eigenvalue weighted by Gasteiger charge is -2.45. The molecule has 1 saturated heterocycles. The SMILES string of the molecule is CC1C[N+](c2ccc(F)cc2)(c2nnc(-c3ccc(F)cc3)c3ccccc23)CCN1C(N)=O. The topological polar surface area (TPSA) is 72.1 Å². The van der Waals surface area contributed by atoms with Crippen LogP contribution >= 0.6 is 0 Å². The normalized spacial score (nSPS) is 20.4. The van der Waals surface area contributed by atoms with Crippen molar-refractivity contribution in [2.75, 3.05) is 19.6 Å². The van der Waals surface area contributed by atoms with E-state index in [2.05, 4.69) is 5.10 Å². The number of hydrogen-bond acceptors (Lipinski definition) is 3. The summed E-state index contributed by atoms with van der Waals surface area (Å²) in [4.78, 5) is 13.6. The maximum atomic E-state index is 13.8. The number of carbonyl (C=O) groups is 1. The maximum Gasteiger partial charge on any atom is 0.315 e. The number of fused-ring (bicyclic) bond motifs is 1. The number of benzene rings is 3. The standard InChI is InChI=1S/C26H23F2N5O/c1-17-16-33(15-14-32(17)26(29)34,21-12-10-20(28)11-13-21)25-23-5-3-2-4-22(23)24(30-31-25)18-6-8-19(27)9-7-18/h2-13,17H,14-16H2,1H3,(H-,29,34)/p+1. The summed E-state index contributed by atoms with van der Waals surface area (Å²) in [6.07, 6.45) is 0. The number of aromatic nitrogens is 2. The fourth-order valence-corrected chi connectivity index (χ4v) is 4.97. The van der Waals surface area contributed by atoms with E-state index >= 15 is 0 Å². The lowest BCUT2D eigenvalue weighted by molar-refractivity contribution is 0.135. The van der Waals surface area contributed by atoms with Gasteiger partial charge in [-0.2, -0.15) is 0 Å². The second kappa shape index (κ2) is 8.46. The van der Waals surface area contributed by atoms with Gasteiger partial charge < -0.3 is 10.6 Å². The summed E-state index contributed by atoms with van der Waals surface area (Å²) in [5.41, 5.74) is 7.87. The second-order valence-electron chi connectivity index (χ2n) is 8.66. The Labute approximate surface area is 195 Å². The number of rotatable bonds is 3. The van der Waals surface area contributed by atoms with Crippen molar-refractivity contribution in [2.24, 2.45) is 5.73 Å². The van der Waals surface area contributed by atoms with Gasteiger partial charge in [0, 0.05) is 23.1 Å². The summed E-state index contributed by atoms with van der Waals surface area (Å²) >= 11 is 0. The number of amides is 2. The number of nitrogens with zero attached hydrogens (tertiary/aromatic N) is 4. The Morgan fingerprint density at radius 1 is 0.941 bits per heavy atom. The van der Waals surface area contributed by atoms with Crippen LogP contribution in [0.1, 0.15) is 6.92 Å². The third-order valence-corrected chi connectivity index (χ3v) is 6.63. The number of primary amides is 1. The average Bonchev–Trinajstić information content (AvgIpc) is 2.84. The molecule has 1 fully saturated rings. The molecule has 0 radical (unpaired) electrons. The lowest BCUT2D eigenvalue weighted by atomic mass is 10.0. The first kappa shape index (κ1) is 21.9. The highest BCUT2D eigenvalue weighted by atomic mass is 19.1. The van der Waals surface area contributed by atoms with Gasteiger partial charge in [0.2, 0.25) is 0 Å². The zero-order chi connectivity index (χ0) is 23.9. The third-order valence-electron chi connectivity index (χ3n) is 6.63. The van der Waals surface area contributed by atoms with E-state index in [1.165, 1.54) is 24.3 Å². The molecule has 0 bridgehead atoms. The Morgan fingerprint density at radius 3 is 2.18 bits per heavy atom. The number of nitrogens with two attached hydrogens (primary N) is 1. The van der Waals surface area contributed by atoms with Gasteiger partial charge >= 0.3 is 6.03 Å². The van der Waals surface area contributed by atoms with Gasteiger partial charge in [0.15, 0.2) is 0 Å². The first-order chi connectivity index (χ1) is 16.4. The number of piperazine rings is 1. The Bertz CT molecular complexity index is 1360. The zero-order valence-corrected chi connectivity index (χ0v) is 18.7. The van der Waals surface area contributed by atoms with Crippen molar-refractivity contribution in [3.05, 3.63) is 84.4 Å². The molecular weight excluding hydrogens is 436 g/mol. The molecule has 1 aromatic heterocycles. The summed E-state index contributed by atoms with van der Waals surface area (Å²) < 4.78 is 27.6. The predicted molar refractivity (Wildman–Crippen MR) is 128 cm³/mol. The minimum atomic E-state index is -0.466. The largest absolute Gasteiger partial charge is 0.351 e. The molecule has 5 rings (SSSR count). The van der Waals surface area contributed by atoms with E-state index in [1.54, 1.807) is 29.2 Å². The van der Waals surface area contributed by atoms with E-state index in [0.717, 1.165) is 22.0 Å². The van der Waals surface area contributed by atoms with Crippen molar-refractivity contribution in [3.8, 4) is 11.3 Å². The van der Waals surface area contributed by atoms with Crippen molar-refractivity contribution in [1.29, 1.82) is 0 Å². The Balaban J connectivity index is 1.72. The quantitative estimate of drug-likeness (QED) is 0.438. The lowest BCUT2D eigenvalue weighted by Crippen LogP contribution is -2.63. The highest BCUT2D eigenvalue weighted by molar-refractivity contribution is 6.00. The summed E-state index contributed by atoms with van der Waals surface area (Å²) in [7, 11) is 0. The van der Waals surface area contributed by atoms with Crippen molar-refractivity contribution in [3.63, 3.8) is 0 Å². The Hall–Kier alpha value is -3.91. The molecule has 34 heavy (non-hydrogen) atoms. The average molecular weight is 461 g/mol. The molecule has 172 valence electrons. The van der Waals surface area contributed by atoms with Crippen LogP contribution in [0.3, 0.4) is 0 Å². The zero-order valence-electron chi connectivity index (χ0n) is 18.7. The molecule has 1 aliphatic heterocycles. The van der Waals surface area contributed by atoms with Crippen LogP contribution in [0.15, 0.2) is 72.8 Å². The first-order valence-electron chi connectivity index (χ1n) is 11.1. The van der Waals surface area contributed by atoms with Crippen molar-refractivity contribution in [1.82, 2.24) is 19.6 Å². The number of hydrogen-bond donors (Lipinski definition) is 1. The minimum absolute atomic E-state index is 0.173. The second-order valence-corrected chi connectivity index (χ2v) is 8.66. The molecule has 0 spiro atoms. The minimum Gasteiger partial charge on any atom is -0.351 e. The molecule has 1 aliphatic rings. The third kappa shape index (κ3) is 3.66. The Morgan fingerprint density at radius 2 is 1.56 bits per heavy atom. The molecule has 3 aromatic carbocycles. The summed E-state index contributed by atoms with van der Waals surface area (Å²) in [5.74, 6) is 0.0668. The van der Waals surface area contributed by atoms with Gasteiger partial charge in [-0.3, -0.25) is 0 Å². The van der Waals surface area contributed by atoms with Crippen LogP contribution in [-0.2, 0) is 0 Å². The van der Waals surface area contributed by atoms with Crippen LogP contribution in [0, 0.1) is 11.6 Å². The van der Waals surface area contributed by atoms with Crippen molar-refractivity contribution < 1.29 is 13.6 Å². The van der Waals surface area contributed by atoms with Crippen molar-refractivity contribution >= 4 is 28.3 Å². The van der Waals surface area contributed by atoms with E-state index in [1.807, 2.05) is 31.2 Å². The molecule has 2 atom stereocenters. The molecular formula is C26H24F2N5O+. The van der Waals surface area contributed by atoms with Crippen molar-refractivity contribution in [2.45, 2.75) is 13.0 Å². The molecule has 2 unspecified atom stereocenters. The number of carbonyl (C=O) groups excluding carboxylic acids is 1. The van der Waals surface area contributed by atoms with E-state index in [0.29, 0.717) is 35.6 Å².